The molecule has 290 valence electrons. The molecule has 2 aromatic heterocycles. The van der Waals surface area contributed by atoms with Gasteiger partial charge in [0, 0.05) is 33.9 Å². The molecule has 0 aliphatic rings. The first-order valence-corrected chi connectivity index (χ1v) is 17.1. The first-order valence-electron chi connectivity index (χ1n) is 17.1. The molecule has 8 aromatic rings. The molecule has 0 amide bonds. The zero-order chi connectivity index (χ0) is 38.8. The van der Waals surface area contributed by atoms with Gasteiger partial charge in [0.1, 0.15) is 11.4 Å². The summed E-state index contributed by atoms with van der Waals surface area (Å²) in [5.41, 5.74) is 5.28. The number of halogens is 2. The van der Waals surface area contributed by atoms with E-state index in [-0.39, 0.29) is 36.2 Å². The summed E-state index contributed by atoms with van der Waals surface area (Å²) < 4.78 is 11.8. The van der Waals surface area contributed by atoms with Crippen LogP contribution >= 0.6 is 24.8 Å². The summed E-state index contributed by atoms with van der Waals surface area (Å²) in [6, 6.07) is 42.3. The third kappa shape index (κ3) is 7.77. The summed E-state index contributed by atoms with van der Waals surface area (Å²) in [5, 5.41) is 41.9. The third-order valence-corrected chi connectivity index (χ3v) is 8.89. The Morgan fingerprint density at radius 3 is 1.19 bits per heavy atom. The first-order chi connectivity index (χ1) is 27.3. The summed E-state index contributed by atoms with van der Waals surface area (Å²) in [6.07, 6.45) is 0. The van der Waals surface area contributed by atoms with Crippen LogP contribution in [0.2, 0.25) is 0 Å². The smallest absolute Gasteiger partial charge is 0.340 e. The molecule has 0 aliphatic heterocycles. The number of methoxy groups -OCH3 is 2. The number of hydrogen-bond acceptors (Lipinski definition) is 10. The molecule has 0 aliphatic carbocycles. The molecule has 0 bridgehead atoms. The second-order valence-electron chi connectivity index (χ2n) is 12.3. The van der Waals surface area contributed by atoms with Crippen LogP contribution in [0.5, 0.6) is 11.5 Å². The van der Waals surface area contributed by atoms with E-state index in [1.165, 1.54) is 24.3 Å². The molecule has 6 aromatic carbocycles. The Kier molecular flexibility index (Phi) is 11.8. The zero-order valence-electron chi connectivity index (χ0n) is 30.6. The minimum atomic E-state index is -0.456. The Bertz CT molecular complexity index is 2540. The number of hydrogen-bond donors (Lipinski definition) is 0. The Morgan fingerprint density at radius 1 is 0.500 bits per heavy atom. The van der Waals surface area contributed by atoms with E-state index >= 15 is 0 Å². The van der Waals surface area contributed by atoms with E-state index in [0.717, 1.165) is 22.3 Å². The number of benzene rings is 6. The van der Waals surface area contributed by atoms with Crippen LogP contribution in [0, 0.1) is 20.2 Å². The molecule has 0 spiro atoms. The fourth-order valence-electron chi connectivity index (χ4n) is 6.08. The van der Waals surface area contributed by atoms with Crippen LogP contribution < -0.4 is 19.1 Å². The summed E-state index contributed by atoms with van der Waals surface area (Å²) in [6.45, 7) is 0. The molecule has 0 radical (unpaired) electrons. The number of aromatic nitrogens is 8. The Hall–Kier alpha value is -7.56. The highest BCUT2D eigenvalue weighted by atomic mass is 35.5. The van der Waals surface area contributed by atoms with Gasteiger partial charge in [0.2, 0.25) is 11.4 Å². The van der Waals surface area contributed by atoms with E-state index < -0.39 is 9.85 Å². The molecule has 0 unspecified atom stereocenters. The zero-order valence-corrected chi connectivity index (χ0v) is 32.2. The minimum absolute atomic E-state index is 0. The van der Waals surface area contributed by atoms with Gasteiger partial charge in [-0.3, -0.25) is 20.2 Å². The lowest BCUT2D eigenvalue weighted by Gasteiger charge is -2.11. The molecule has 16 nitrogen and oxygen atoms in total. The van der Waals surface area contributed by atoms with Gasteiger partial charge in [0.15, 0.2) is 11.5 Å². The summed E-state index contributed by atoms with van der Waals surface area (Å²) in [7, 11) is 3.12. The van der Waals surface area contributed by atoms with E-state index in [1.807, 2.05) is 97.1 Å². The maximum absolute atomic E-state index is 11.4. The van der Waals surface area contributed by atoms with Gasteiger partial charge in [-0.25, -0.2) is 0 Å². The van der Waals surface area contributed by atoms with Crippen LogP contribution in [0.3, 0.4) is 0 Å². The van der Waals surface area contributed by atoms with Gasteiger partial charge >= 0.3 is 11.6 Å². The molecule has 2 heterocycles. The molecule has 8 rings (SSSR count). The highest BCUT2D eigenvalue weighted by Gasteiger charge is 2.29. The van der Waals surface area contributed by atoms with E-state index in [4.69, 9.17) is 29.9 Å². The lowest BCUT2D eigenvalue weighted by molar-refractivity contribution is -0.734. The molecule has 18 heteroatoms. The number of non-ortho nitro benzene ring substituents is 2. The van der Waals surface area contributed by atoms with Gasteiger partial charge in [-0.1, -0.05) is 36.4 Å². The Balaban J connectivity index is 0.00000283. The van der Waals surface area contributed by atoms with Gasteiger partial charge < -0.3 is 9.47 Å². The molecule has 0 N–H and O–H groups in total. The number of rotatable bonds is 11. The topological polar surface area (TPSA) is 174 Å². The Morgan fingerprint density at radius 2 is 0.862 bits per heavy atom. The number of nitro benzene ring substituents is 2. The van der Waals surface area contributed by atoms with Crippen molar-refractivity contribution in [1.82, 2.24) is 30.0 Å². The van der Waals surface area contributed by atoms with Crippen LogP contribution in [0.25, 0.3) is 56.7 Å². The quantitative estimate of drug-likeness (QED) is 0.0746. The average molecular weight is 820 g/mol. The summed E-state index contributed by atoms with van der Waals surface area (Å²) >= 11 is 0. The highest BCUT2D eigenvalue weighted by molar-refractivity contribution is 5.85. The second kappa shape index (κ2) is 17.1. The van der Waals surface area contributed by atoms with Crippen LogP contribution in [-0.2, 0) is 0 Å². The van der Waals surface area contributed by atoms with E-state index in [9.17, 15) is 20.2 Å². The van der Waals surface area contributed by atoms with Gasteiger partial charge in [-0.15, -0.1) is 24.8 Å². The van der Waals surface area contributed by atoms with Gasteiger partial charge in [0.05, 0.1) is 45.4 Å². The van der Waals surface area contributed by atoms with Crippen molar-refractivity contribution < 1.29 is 28.9 Å². The molecular formula is C40H32Cl2N10O6+2. The van der Waals surface area contributed by atoms with Crippen molar-refractivity contribution in [2.24, 2.45) is 0 Å². The number of nitrogens with zero attached hydrogens (tertiary/aromatic N) is 10. The maximum Gasteiger partial charge on any atom is 0.340 e. The van der Waals surface area contributed by atoms with Crippen LogP contribution in [-0.4, -0.2) is 54.1 Å². The predicted molar refractivity (Wildman–Crippen MR) is 217 cm³/mol. The molecular weight excluding hydrogens is 787 g/mol. The number of ether oxygens (including phenoxy) is 2. The minimum Gasteiger partial charge on any atom is -0.492 e. The molecule has 58 heavy (non-hydrogen) atoms. The fraction of sp³-hybridized carbons (Fsp3) is 0.0500. The van der Waals surface area contributed by atoms with E-state index in [1.54, 1.807) is 57.7 Å². The second-order valence-corrected chi connectivity index (χ2v) is 12.3. The van der Waals surface area contributed by atoms with E-state index in [0.29, 0.717) is 45.9 Å². The average Bonchev–Trinajstić information content (AvgIpc) is 3.90. The van der Waals surface area contributed by atoms with Gasteiger partial charge in [-0.2, -0.15) is 0 Å². The molecule has 0 atom stereocenters. The van der Waals surface area contributed by atoms with Crippen molar-refractivity contribution in [1.29, 1.82) is 0 Å². The van der Waals surface area contributed by atoms with Gasteiger partial charge in [-0.05, 0) is 116 Å². The van der Waals surface area contributed by atoms with Crippen molar-refractivity contribution in [2.75, 3.05) is 14.2 Å². The molecule has 0 saturated heterocycles. The van der Waals surface area contributed by atoms with Crippen LogP contribution in [0.4, 0.5) is 11.4 Å². The van der Waals surface area contributed by atoms with Crippen molar-refractivity contribution in [3.63, 3.8) is 0 Å². The largest absolute Gasteiger partial charge is 0.492 e. The van der Waals surface area contributed by atoms with Gasteiger partial charge in [0.25, 0.3) is 11.4 Å². The SMILES string of the molecule is COc1cc(-c2ccc(-[n+]3nc(-c4ccccc4)nn3-c3ccc([N+](=O)[O-])cc3)c(OC)c2)ccc1-[n+]1nc(-c2ccccc2)nn1-c1ccc([N+](=O)[O-])cc1.Cl.Cl. The predicted octanol–water partition coefficient (Wildman–Crippen LogP) is 7.08. The van der Waals surface area contributed by atoms with Crippen molar-refractivity contribution in [3.8, 4) is 68.2 Å². The van der Waals surface area contributed by atoms with E-state index in [2.05, 4.69) is 0 Å². The first kappa shape index (κ1) is 40.1. The molecule has 0 fully saturated rings. The van der Waals surface area contributed by atoms with Crippen LogP contribution in [0.15, 0.2) is 146 Å². The van der Waals surface area contributed by atoms with Crippen LogP contribution in [0.1, 0.15) is 0 Å². The summed E-state index contributed by atoms with van der Waals surface area (Å²) in [5.74, 6) is 1.82. The van der Waals surface area contributed by atoms with Crippen molar-refractivity contribution >= 4 is 36.2 Å². The lowest BCUT2D eigenvalue weighted by atomic mass is 10.0. The normalized spacial score (nSPS) is 10.6. The van der Waals surface area contributed by atoms with Crippen molar-refractivity contribution in [2.45, 2.75) is 0 Å². The standard InChI is InChI=1S/C40H30N10O6.2ClH/c1-55-37-25-29(13-23-35(37)47-43-39(27-9-5-3-6-10-27)41-45(47)31-15-19-33(20-16-31)49(51)52)30-14-24-36(38(26-30)56-2)48-44-40(28-11-7-4-8-12-28)42-46(48)32-17-21-34(22-18-32)50(53)54;;/h3-26H,1-2H3;2*1H/q+2;;. The number of tetrazole rings is 2. The maximum atomic E-state index is 11.4. The molecule has 0 saturated carbocycles. The fourth-order valence-corrected chi connectivity index (χ4v) is 6.08. The lowest BCUT2D eigenvalue weighted by Crippen LogP contribution is -2.43. The third-order valence-electron chi connectivity index (χ3n) is 8.89. The Labute approximate surface area is 342 Å². The van der Waals surface area contributed by atoms with Crippen molar-refractivity contribution in [3.05, 3.63) is 166 Å². The highest BCUT2D eigenvalue weighted by Crippen LogP contribution is 2.32. The number of nitro groups is 2. The summed E-state index contributed by atoms with van der Waals surface area (Å²) in [4.78, 5) is 28.1. The monoisotopic (exact) mass is 818 g/mol.